The minimum absolute atomic E-state index is 0.0124. The fourth-order valence-electron chi connectivity index (χ4n) is 1.33. The molecule has 102 valence electrons. The molecule has 0 saturated heterocycles. The first-order valence-corrected chi connectivity index (χ1v) is 6.14. The third kappa shape index (κ3) is 3.95. The van der Waals surface area contributed by atoms with Crippen molar-refractivity contribution >= 4 is 17.2 Å². The van der Waals surface area contributed by atoms with Crippen molar-refractivity contribution in [3.05, 3.63) is 16.1 Å². The fraction of sp³-hybridized carbons (Fsp3) is 0.600. The molecule has 1 rings (SSSR count). The summed E-state index contributed by atoms with van der Waals surface area (Å²) in [5, 5.41) is 1.95. The molecule has 1 amide bonds. The van der Waals surface area contributed by atoms with Crippen LogP contribution in [0.15, 0.2) is 5.38 Å². The number of hydrogen-bond donors (Lipinski definition) is 1. The zero-order valence-electron chi connectivity index (χ0n) is 9.99. The molecule has 0 unspecified atom stereocenters. The number of carbonyl (C=O) groups is 1. The number of halogens is 3. The third-order valence-corrected chi connectivity index (χ3v) is 3.05. The van der Waals surface area contributed by atoms with Crippen molar-refractivity contribution in [1.29, 1.82) is 0 Å². The number of hydrogen-bond acceptors (Lipinski definition) is 4. The first-order valence-electron chi connectivity index (χ1n) is 5.26. The van der Waals surface area contributed by atoms with Gasteiger partial charge < -0.3 is 10.6 Å². The normalized spacial score (nSPS) is 11.9. The molecule has 1 aromatic heterocycles. The Morgan fingerprint density at radius 2 is 2.17 bits per heavy atom. The number of aromatic nitrogens is 1. The van der Waals surface area contributed by atoms with Crippen LogP contribution in [-0.2, 0) is 6.54 Å². The first kappa shape index (κ1) is 14.9. The van der Waals surface area contributed by atoms with Gasteiger partial charge in [0.25, 0.3) is 5.91 Å². The van der Waals surface area contributed by atoms with Gasteiger partial charge in [-0.25, -0.2) is 4.98 Å². The lowest BCUT2D eigenvalue weighted by molar-refractivity contribution is -0.143. The molecular weight excluding hydrogens is 267 g/mol. The fourth-order valence-corrected chi connectivity index (χ4v) is 1.98. The second-order valence-electron chi connectivity index (χ2n) is 3.97. The van der Waals surface area contributed by atoms with E-state index in [1.165, 1.54) is 19.2 Å². The van der Waals surface area contributed by atoms with Crippen molar-refractivity contribution in [3.63, 3.8) is 0 Å². The minimum Gasteiger partial charge on any atom is -0.326 e. The molecule has 8 heteroatoms. The molecule has 0 bridgehead atoms. The van der Waals surface area contributed by atoms with Gasteiger partial charge in [0.1, 0.15) is 17.2 Å². The van der Waals surface area contributed by atoms with Crippen LogP contribution in [-0.4, -0.2) is 34.6 Å². The predicted molar refractivity (Wildman–Crippen MR) is 62.2 cm³/mol. The van der Waals surface area contributed by atoms with Crippen LogP contribution >= 0.6 is 11.3 Å². The summed E-state index contributed by atoms with van der Waals surface area (Å²) < 4.78 is 37.1. The monoisotopic (exact) mass is 281 g/mol. The lowest BCUT2D eigenvalue weighted by atomic mass is 10.2. The highest BCUT2D eigenvalue weighted by Crippen LogP contribution is 2.20. The van der Waals surface area contributed by atoms with Crippen LogP contribution in [0.5, 0.6) is 0 Å². The van der Waals surface area contributed by atoms with E-state index in [-0.39, 0.29) is 12.2 Å². The van der Waals surface area contributed by atoms with Gasteiger partial charge in [-0.2, -0.15) is 13.2 Å². The zero-order chi connectivity index (χ0) is 13.9. The van der Waals surface area contributed by atoms with Crippen molar-refractivity contribution in [2.24, 2.45) is 5.73 Å². The van der Waals surface area contributed by atoms with E-state index in [0.717, 1.165) is 16.2 Å². The van der Waals surface area contributed by atoms with Crippen molar-refractivity contribution < 1.29 is 18.0 Å². The topological polar surface area (TPSA) is 59.2 Å². The Kier molecular flexibility index (Phi) is 4.69. The third-order valence-electron chi connectivity index (χ3n) is 2.18. The van der Waals surface area contributed by atoms with Gasteiger partial charge in [0.15, 0.2) is 0 Å². The summed E-state index contributed by atoms with van der Waals surface area (Å²) in [5.74, 6) is -0.724. The minimum atomic E-state index is -4.42. The Morgan fingerprint density at radius 3 is 2.56 bits per heavy atom. The van der Waals surface area contributed by atoms with Gasteiger partial charge in [0, 0.05) is 18.0 Å². The van der Waals surface area contributed by atoms with E-state index in [9.17, 15) is 18.0 Å². The van der Waals surface area contributed by atoms with Gasteiger partial charge in [-0.1, -0.05) is 0 Å². The van der Waals surface area contributed by atoms with E-state index in [1.807, 2.05) is 0 Å². The van der Waals surface area contributed by atoms with Crippen molar-refractivity contribution in [3.8, 4) is 0 Å². The maximum atomic E-state index is 12.4. The van der Waals surface area contributed by atoms with E-state index in [4.69, 9.17) is 5.73 Å². The zero-order valence-corrected chi connectivity index (χ0v) is 10.8. The van der Waals surface area contributed by atoms with Gasteiger partial charge in [-0.05, 0) is 13.8 Å². The Hall–Kier alpha value is -1.15. The second-order valence-corrected chi connectivity index (χ2v) is 4.92. The Labute approximate surface area is 107 Å². The van der Waals surface area contributed by atoms with Crippen molar-refractivity contribution in [1.82, 2.24) is 9.88 Å². The number of rotatable bonds is 4. The second kappa shape index (κ2) is 5.66. The van der Waals surface area contributed by atoms with E-state index in [1.54, 1.807) is 0 Å². The average Bonchev–Trinajstić information content (AvgIpc) is 2.71. The molecule has 0 spiro atoms. The molecule has 1 heterocycles. The summed E-state index contributed by atoms with van der Waals surface area (Å²) in [6, 6.07) is -0.554. The number of carbonyl (C=O) groups excluding carboxylic acids is 1. The molecule has 0 atom stereocenters. The quantitative estimate of drug-likeness (QED) is 0.918. The summed E-state index contributed by atoms with van der Waals surface area (Å²) in [6.45, 7) is 1.94. The van der Waals surface area contributed by atoms with Gasteiger partial charge in [-0.15, -0.1) is 11.3 Å². The number of alkyl halides is 3. The molecule has 0 saturated carbocycles. The van der Waals surface area contributed by atoms with Crippen LogP contribution in [0.1, 0.15) is 29.3 Å². The van der Waals surface area contributed by atoms with Crippen LogP contribution in [0.25, 0.3) is 0 Å². The molecule has 4 nitrogen and oxygen atoms in total. The SMILES string of the molecule is CC(C)N(CC(F)(F)F)C(=O)c1csc(CN)n1. The number of amides is 1. The maximum Gasteiger partial charge on any atom is 0.406 e. The average molecular weight is 281 g/mol. The summed E-state index contributed by atoms with van der Waals surface area (Å²) in [6.07, 6.45) is -4.42. The maximum absolute atomic E-state index is 12.4. The highest BCUT2D eigenvalue weighted by molar-refractivity contribution is 7.09. The summed E-state index contributed by atoms with van der Waals surface area (Å²) in [4.78, 5) is 16.6. The van der Waals surface area contributed by atoms with Crippen molar-refractivity contribution in [2.75, 3.05) is 6.54 Å². The molecule has 2 N–H and O–H groups in total. The number of nitrogens with zero attached hydrogens (tertiary/aromatic N) is 2. The molecule has 0 aliphatic rings. The molecule has 0 radical (unpaired) electrons. The molecule has 1 aromatic rings. The molecule has 0 fully saturated rings. The van der Waals surface area contributed by atoms with Crippen LogP contribution in [0, 0.1) is 0 Å². The van der Waals surface area contributed by atoms with Crippen LogP contribution < -0.4 is 5.73 Å². The van der Waals surface area contributed by atoms with Gasteiger partial charge in [0.05, 0.1) is 0 Å². The lowest BCUT2D eigenvalue weighted by Crippen LogP contribution is -2.43. The van der Waals surface area contributed by atoms with E-state index >= 15 is 0 Å². The standard InChI is InChI=1S/C10H14F3N3OS/c1-6(2)16(5-10(11,12)13)9(17)7-4-18-8(3-14)15-7/h4,6H,3,5,14H2,1-2H3. The van der Waals surface area contributed by atoms with Crippen LogP contribution in [0.4, 0.5) is 13.2 Å². The lowest BCUT2D eigenvalue weighted by Gasteiger charge is -2.26. The van der Waals surface area contributed by atoms with E-state index < -0.39 is 24.7 Å². The highest BCUT2D eigenvalue weighted by Gasteiger charge is 2.35. The summed E-state index contributed by atoms with van der Waals surface area (Å²) in [7, 11) is 0. The largest absolute Gasteiger partial charge is 0.406 e. The van der Waals surface area contributed by atoms with Crippen LogP contribution in [0.3, 0.4) is 0 Å². The first-order chi connectivity index (χ1) is 8.24. The van der Waals surface area contributed by atoms with Gasteiger partial charge >= 0.3 is 6.18 Å². The number of nitrogens with two attached hydrogens (primary N) is 1. The predicted octanol–water partition coefficient (Wildman–Crippen LogP) is 2.01. The molecule has 18 heavy (non-hydrogen) atoms. The number of thiazole rings is 1. The van der Waals surface area contributed by atoms with E-state index in [0.29, 0.717) is 5.01 Å². The molecular formula is C10H14F3N3OS. The van der Waals surface area contributed by atoms with Crippen molar-refractivity contribution in [2.45, 2.75) is 32.6 Å². The smallest absolute Gasteiger partial charge is 0.326 e. The summed E-state index contributed by atoms with van der Waals surface area (Å²) >= 11 is 1.16. The molecule has 0 aliphatic carbocycles. The van der Waals surface area contributed by atoms with E-state index in [2.05, 4.69) is 4.98 Å². The van der Waals surface area contributed by atoms with Gasteiger partial charge in [-0.3, -0.25) is 4.79 Å². The summed E-state index contributed by atoms with van der Waals surface area (Å²) in [5.41, 5.74) is 5.36. The Morgan fingerprint density at radius 1 is 1.56 bits per heavy atom. The van der Waals surface area contributed by atoms with Crippen LogP contribution in [0.2, 0.25) is 0 Å². The van der Waals surface area contributed by atoms with Gasteiger partial charge in [0.2, 0.25) is 0 Å². The molecule has 0 aromatic carbocycles. The Bertz CT molecular complexity index is 417. The highest BCUT2D eigenvalue weighted by atomic mass is 32.1. The Balaban J connectivity index is 2.89. The molecule has 0 aliphatic heterocycles.